The van der Waals surface area contributed by atoms with Crippen LogP contribution in [-0.4, -0.2) is 85.6 Å². The first-order valence-corrected chi connectivity index (χ1v) is 25.6. The smallest absolute Gasteiger partial charge is 0.744 e. The second-order valence-corrected chi connectivity index (χ2v) is 21.6. The van der Waals surface area contributed by atoms with Gasteiger partial charge in [0.05, 0.1) is 89.3 Å². The third kappa shape index (κ3) is 22.7. The van der Waals surface area contributed by atoms with Crippen molar-refractivity contribution < 1.29 is 290 Å². The Morgan fingerprint density at radius 2 is 1.14 bits per heavy atom. The number of nitrogens with zero attached hydrogens (tertiary/aromatic N) is 4. The van der Waals surface area contributed by atoms with E-state index in [4.69, 9.17) is 5.73 Å². The van der Waals surface area contributed by atoms with Gasteiger partial charge in [0.1, 0.15) is 43.0 Å². The first-order chi connectivity index (χ1) is 30.3. The summed E-state index contributed by atoms with van der Waals surface area (Å²) in [6.07, 6.45) is 0. The van der Waals surface area contributed by atoms with Crippen molar-refractivity contribution >= 4 is 126 Å². The van der Waals surface area contributed by atoms with Crippen molar-refractivity contribution in [2.45, 2.75) is 36.3 Å². The zero-order valence-corrected chi connectivity index (χ0v) is 55.8. The summed E-state index contributed by atoms with van der Waals surface area (Å²) < 4.78 is 179. The Morgan fingerprint density at radius 1 is 0.606 bits per heavy atom. The Labute approximate surface area is 548 Å². The molecule has 4 rings (SSSR count). The average molecular weight is 1210 g/mol. The third-order valence-electron chi connectivity index (χ3n) is 7.67. The van der Waals surface area contributed by atoms with Gasteiger partial charge in [0.2, 0.25) is 10.4 Å². The molecule has 3 N–H and O–H groups in total. The van der Waals surface area contributed by atoms with Crippen LogP contribution in [0.3, 0.4) is 0 Å². The molecule has 0 amide bonds. The molecule has 0 unspecified atom stereocenters. The van der Waals surface area contributed by atoms with Crippen molar-refractivity contribution in [3.63, 3.8) is 0 Å². The molecule has 4 aromatic rings. The van der Waals surface area contributed by atoms with E-state index in [1.165, 1.54) is 0 Å². The fourth-order valence-electron chi connectivity index (χ4n) is 5.06. The first-order valence-electron chi connectivity index (χ1n) is 16.0. The summed E-state index contributed by atoms with van der Waals surface area (Å²) in [5.74, 6) is -2.99. The van der Waals surface area contributed by atoms with Crippen LogP contribution in [0.5, 0.6) is 5.75 Å². The summed E-state index contributed by atoms with van der Waals surface area (Å²) in [5.41, 5.74) is 2.09. The maximum atomic E-state index is 13.0. The van der Waals surface area contributed by atoms with Gasteiger partial charge in [0, 0.05) is 0 Å². The Morgan fingerprint density at radius 3 is 1.69 bits per heavy atom. The van der Waals surface area contributed by atoms with E-state index >= 15 is 0 Å². The minimum absolute atomic E-state index is 0. The van der Waals surface area contributed by atoms with Crippen molar-refractivity contribution in [2.75, 3.05) is 30.5 Å². The van der Waals surface area contributed by atoms with Gasteiger partial charge in [-0.05, 0) is 60.3 Å². The van der Waals surface area contributed by atoms with E-state index in [0.29, 0.717) is 12.1 Å². The number of aromatic hydroxyl groups is 1. The Hall–Kier alpha value is 2.18. The molecule has 0 aliphatic heterocycles. The summed E-state index contributed by atoms with van der Waals surface area (Å²) in [4.78, 5) is -4.69. The van der Waals surface area contributed by atoms with Gasteiger partial charge in [-0.1, -0.05) is 0 Å². The molecule has 0 aliphatic rings. The number of nitrogen functional groups attached to an aromatic ring is 1. The summed E-state index contributed by atoms with van der Waals surface area (Å²) in [5, 5.41) is 66.2. The molecule has 71 heavy (non-hydrogen) atoms. The molecule has 0 bridgehead atoms. The topological polar surface area (TPSA) is 479 Å². The fraction of sp³-hybridized carbons (Fsp3) is 0.185. The van der Waals surface area contributed by atoms with Gasteiger partial charge in [-0.2, -0.15) is 8.67 Å². The summed E-state index contributed by atoms with van der Waals surface area (Å²) in [6.45, 7) is -0.562. The molecule has 0 aromatic heterocycles. The quantitative estimate of drug-likeness (QED) is 0.00757. The SMILES string of the molecule is Cc1cc(N=Nc2c(SOO[O-])cc3cc(S(=O)(=O)[O-])c(N=Nc4ccc(S(=O)(=O)CCOS(=O)(=O)[O-])cc4SOO[O-])c(N)c3c2O)c(S(=O)(=O)[O-])cc1S(=O)(=O)CCOSOO[O-].[Na+].[Na+].[Na+].[Na+].[Na+].[Na+]. The summed E-state index contributed by atoms with van der Waals surface area (Å²) in [6, 6.07) is 5.26. The van der Waals surface area contributed by atoms with Gasteiger partial charge in [0.25, 0.3) is 0 Å². The fourth-order valence-corrected chi connectivity index (χ4v) is 10.6. The zero-order valence-electron chi connectivity index (χ0n) is 37.2. The molecule has 4 aromatic carbocycles. The molecule has 0 saturated carbocycles. The third-order valence-corrected chi connectivity index (χ3v) is 15.0. The Bertz CT molecular complexity index is 3090. The molecule has 0 radical (unpaired) electrons. The first kappa shape index (κ1) is 77.4. The second-order valence-electron chi connectivity index (χ2n) is 11.7. The van der Waals surface area contributed by atoms with Crippen molar-refractivity contribution in [3.05, 3.63) is 48.0 Å². The number of fused-ring (bicyclic) bond motifs is 1. The maximum Gasteiger partial charge on any atom is 1.00 e. The minimum Gasteiger partial charge on any atom is -0.744 e. The number of nitrogens with two attached hydrogens (primary N) is 1. The van der Waals surface area contributed by atoms with E-state index in [9.17, 15) is 76.6 Å². The molecule has 0 heterocycles. The molecule has 0 spiro atoms. The number of azo groups is 2. The van der Waals surface area contributed by atoms with Crippen LogP contribution < -0.4 is 199 Å². The van der Waals surface area contributed by atoms with Gasteiger partial charge in [-0.25, -0.2) is 42.1 Å². The van der Waals surface area contributed by atoms with Crippen LogP contribution in [0.1, 0.15) is 5.56 Å². The van der Waals surface area contributed by atoms with Crippen LogP contribution >= 0.6 is 36.4 Å². The predicted octanol–water partition coefficient (Wildman–Crippen LogP) is -17.6. The van der Waals surface area contributed by atoms with Crippen LogP contribution in [-0.2, 0) is 86.8 Å². The van der Waals surface area contributed by atoms with E-state index in [1.54, 1.807) is 0 Å². The van der Waals surface area contributed by atoms with E-state index in [0.717, 1.165) is 37.3 Å². The van der Waals surface area contributed by atoms with Crippen molar-refractivity contribution in [3.8, 4) is 5.75 Å². The number of hydrogen-bond acceptors (Lipinski definition) is 33. The number of benzene rings is 4. The largest absolute Gasteiger partial charge is 1.00 e. The zero-order chi connectivity index (χ0) is 48.5. The van der Waals surface area contributed by atoms with Gasteiger partial charge < -0.3 is 40.3 Å². The monoisotopic (exact) mass is 1210 g/mol. The number of hydrogen-bond donors (Lipinski definition) is 2. The number of phenolic OH excluding ortho intramolecular Hbond substituents is 1. The number of phenols is 1. The van der Waals surface area contributed by atoms with Crippen LogP contribution in [0, 0.1) is 6.92 Å². The molecule has 30 nitrogen and oxygen atoms in total. The second kappa shape index (κ2) is 34.4. The molecule has 0 aliphatic carbocycles. The number of sulfone groups is 2. The van der Waals surface area contributed by atoms with Gasteiger partial charge in [0.15, 0.2) is 37.7 Å². The van der Waals surface area contributed by atoms with Crippen LogP contribution in [0.25, 0.3) is 10.8 Å². The average Bonchev–Trinajstić information content (AvgIpc) is 3.19. The number of rotatable bonds is 24. The number of anilines is 1. The van der Waals surface area contributed by atoms with E-state index in [-0.39, 0.29) is 219 Å². The van der Waals surface area contributed by atoms with Crippen LogP contribution in [0.2, 0.25) is 0 Å². The van der Waals surface area contributed by atoms with Crippen molar-refractivity contribution in [1.29, 1.82) is 0 Å². The van der Waals surface area contributed by atoms with Crippen molar-refractivity contribution in [2.24, 2.45) is 20.5 Å². The standard InChI is InChI=1S/C27H27N5O25S8.6Na/c1-13-8-17(21(63(41,42)43)12-20(13)62(39,40)6-4-50-60-57-54-36)30-31-25-19(59-56-53-35)9-14-10-22(64(44,45)46)26(24(28)23(14)27(25)33)32-29-16-3-2-15(11-18(16)58-55-52-34)61(37,38)7-5-51-65(47,48)49;;;;;;/h2-3,8-12,33-36H,4-7,28H2,1H3,(H,41,42,43)(H,44,45,46)(H,47,48,49);;;;;;/q;6*+1/p-6. The summed E-state index contributed by atoms with van der Waals surface area (Å²) >= 11 is -0.00732. The normalized spacial score (nSPS) is 12.0. The minimum atomic E-state index is -5.59. The summed E-state index contributed by atoms with van der Waals surface area (Å²) in [7, 11) is -25.3. The predicted molar refractivity (Wildman–Crippen MR) is 203 cm³/mol. The molecule has 44 heteroatoms. The van der Waals surface area contributed by atoms with E-state index in [2.05, 4.69) is 56.9 Å². The molecular weight excluding hydrogens is 1190 g/mol. The van der Waals surface area contributed by atoms with Gasteiger partial charge in [-0.3, -0.25) is 23.5 Å². The van der Waals surface area contributed by atoms with Gasteiger partial charge in [-0.15, -0.1) is 24.8 Å². The molecular formula is C27H21N5Na6O25S8. The van der Waals surface area contributed by atoms with Crippen LogP contribution in [0.4, 0.5) is 28.4 Å². The number of aryl methyl sites for hydroxylation is 1. The molecule has 358 valence electrons. The molecule has 0 atom stereocenters. The van der Waals surface area contributed by atoms with E-state index < -0.39 is 149 Å². The van der Waals surface area contributed by atoms with Crippen LogP contribution in [0.15, 0.2) is 92.3 Å². The van der Waals surface area contributed by atoms with Crippen molar-refractivity contribution in [1.82, 2.24) is 0 Å². The van der Waals surface area contributed by atoms with Gasteiger partial charge >= 0.3 is 177 Å². The van der Waals surface area contributed by atoms with E-state index in [1.807, 2.05) is 0 Å². The molecule has 0 fully saturated rings. The Balaban J connectivity index is -0.00000771. The Kier molecular flexibility index (Phi) is 37.5. The maximum absolute atomic E-state index is 13.0. The molecule has 0 saturated heterocycles.